The highest BCUT2D eigenvalue weighted by molar-refractivity contribution is 7.99. The van der Waals surface area contributed by atoms with E-state index < -0.39 is 0 Å². The monoisotopic (exact) mass is 216 g/mol. The predicted molar refractivity (Wildman–Crippen MR) is 60.7 cm³/mol. The molecule has 0 aromatic rings. The van der Waals surface area contributed by atoms with Crippen LogP contribution >= 0.6 is 11.8 Å². The summed E-state index contributed by atoms with van der Waals surface area (Å²) in [6.45, 7) is 3.12. The second kappa shape index (κ2) is 4.84. The van der Waals surface area contributed by atoms with E-state index in [1.165, 1.54) is 0 Å². The van der Waals surface area contributed by atoms with Crippen molar-refractivity contribution in [3.63, 3.8) is 0 Å². The van der Waals surface area contributed by atoms with Crippen LogP contribution in [0.1, 0.15) is 12.8 Å². The standard InChI is InChI=1S/C10H20N2OS/c1-14-8-4-9(12-6-8)10(13)7-2-3-11-5-7/h7-13H,2-6H2,1H3. The fourth-order valence-corrected chi connectivity index (χ4v) is 3.13. The zero-order chi connectivity index (χ0) is 9.97. The zero-order valence-corrected chi connectivity index (χ0v) is 9.52. The van der Waals surface area contributed by atoms with Crippen LogP contribution in [0.5, 0.6) is 0 Å². The van der Waals surface area contributed by atoms with Crippen molar-refractivity contribution in [1.82, 2.24) is 10.6 Å². The van der Waals surface area contributed by atoms with Gasteiger partial charge in [0, 0.05) is 30.3 Å². The molecular formula is C10H20N2OS. The van der Waals surface area contributed by atoms with Gasteiger partial charge < -0.3 is 15.7 Å². The van der Waals surface area contributed by atoms with Crippen molar-refractivity contribution in [3.8, 4) is 0 Å². The first-order valence-corrected chi connectivity index (χ1v) is 6.75. The molecule has 0 radical (unpaired) electrons. The minimum Gasteiger partial charge on any atom is -0.391 e. The maximum atomic E-state index is 10.2. The Morgan fingerprint density at radius 2 is 2.29 bits per heavy atom. The highest BCUT2D eigenvalue weighted by Crippen LogP contribution is 2.25. The maximum absolute atomic E-state index is 10.2. The first-order chi connectivity index (χ1) is 6.81. The normalized spacial score (nSPS) is 40.3. The van der Waals surface area contributed by atoms with Crippen LogP contribution in [-0.4, -0.2) is 48.4 Å². The smallest absolute Gasteiger partial charge is 0.0734 e. The average Bonchev–Trinajstić information content (AvgIpc) is 2.88. The molecule has 2 fully saturated rings. The number of rotatable bonds is 3. The fourth-order valence-electron chi connectivity index (χ4n) is 2.47. The first-order valence-electron chi connectivity index (χ1n) is 5.46. The Bertz CT molecular complexity index is 185. The molecule has 0 aliphatic carbocycles. The number of hydrogen-bond acceptors (Lipinski definition) is 4. The van der Waals surface area contributed by atoms with Crippen LogP contribution in [0, 0.1) is 5.92 Å². The van der Waals surface area contributed by atoms with Crippen molar-refractivity contribution in [2.75, 3.05) is 25.9 Å². The lowest BCUT2D eigenvalue weighted by atomic mass is 9.94. The van der Waals surface area contributed by atoms with E-state index in [0.29, 0.717) is 17.2 Å². The summed E-state index contributed by atoms with van der Waals surface area (Å²) in [4.78, 5) is 0. The zero-order valence-electron chi connectivity index (χ0n) is 8.70. The van der Waals surface area contributed by atoms with E-state index in [1.807, 2.05) is 11.8 Å². The number of aliphatic hydroxyl groups excluding tert-OH is 1. The van der Waals surface area contributed by atoms with Crippen molar-refractivity contribution in [1.29, 1.82) is 0 Å². The minimum atomic E-state index is -0.151. The van der Waals surface area contributed by atoms with Gasteiger partial charge in [-0.25, -0.2) is 0 Å². The van der Waals surface area contributed by atoms with E-state index in [4.69, 9.17) is 0 Å². The molecule has 4 heteroatoms. The largest absolute Gasteiger partial charge is 0.391 e. The fraction of sp³-hybridized carbons (Fsp3) is 1.00. The number of thioether (sulfide) groups is 1. The molecule has 4 atom stereocenters. The summed E-state index contributed by atoms with van der Waals surface area (Å²) < 4.78 is 0. The lowest BCUT2D eigenvalue weighted by Crippen LogP contribution is -2.40. The summed E-state index contributed by atoms with van der Waals surface area (Å²) >= 11 is 1.91. The average molecular weight is 216 g/mol. The Hall–Kier alpha value is 0.230. The maximum Gasteiger partial charge on any atom is 0.0734 e. The highest BCUT2D eigenvalue weighted by atomic mass is 32.2. The molecule has 0 amide bonds. The molecule has 0 saturated carbocycles. The summed E-state index contributed by atoms with van der Waals surface area (Å²) in [6.07, 6.45) is 4.25. The molecule has 0 spiro atoms. The molecule has 2 heterocycles. The molecular weight excluding hydrogens is 196 g/mol. The number of hydrogen-bond donors (Lipinski definition) is 3. The predicted octanol–water partition coefficient (Wildman–Crippen LogP) is 0.0503. The Morgan fingerprint density at radius 1 is 1.43 bits per heavy atom. The van der Waals surface area contributed by atoms with Crippen molar-refractivity contribution >= 4 is 11.8 Å². The molecule has 0 aromatic heterocycles. The Kier molecular flexibility index (Phi) is 3.71. The van der Waals surface area contributed by atoms with E-state index in [0.717, 1.165) is 32.5 Å². The van der Waals surface area contributed by atoms with Crippen LogP contribution in [0.2, 0.25) is 0 Å². The van der Waals surface area contributed by atoms with Gasteiger partial charge in [0.15, 0.2) is 0 Å². The van der Waals surface area contributed by atoms with Crippen LogP contribution in [0.4, 0.5) is 0 Å². The van der Waals surface area contributed by atoms with Gasteiger partial charge in [-0.3, -0.25) is 0 Å². The van der Waals surface area contributed by atoms with Gasteiger partial charge in [0.2, 0.25) is 0 Å². The summed E-state index contributed by atoms with van der Waals surface area (Å²) in [5.41, 5.74) is 0. The van der Waals surface area contributed by atoms with Crippen LogP contribution < -0.4 is 10.6 Å². The molecule has 2 saturated heterocycles. The second-order valence-corrected chi connectivity index (χ2v) is 5.49. The van der Waals surface area contributed by atoms with E-state index in [9.17, 15) is 5.11 Å². The van der Waals surface area contributed by atoms with Crippen LogP contribution in [0.15, 0.2) is 0 Å². The quantitative estimate of drug-likeness (QED) is 0.624. The number of nitrogens with one attached hydrogen (secondary N) is 2. The molecule has 14 heavy (non-hydrogen) atoms. The Morgan fingerprint density at radius 3 is 2.86 bits per heavy atom. The minimum absolute atomic E-state index is 0.151. The molecule has 3 N–H and O–H groups in total. The Labute approximate surface area is 90.0 Å². The molecule has 0 aromatic carbocycles. The Balaban J connectivity index is 1.83. The molecule has 4 unspecified atom stereocenters. The van der Waals surface area contributed by atoms with Gasteiger partial charge in [-0.2, -0.15) is 11.8 Å². The molecule has 2 rings (SSSR count). The van der Waals surface area contributed by atoms with Gasteiger partial charge in [-0.05, 0) is 25.6 Å². The van der Waals surface area contributed by atoms with Crippen molar-refractivity contribution in [2.24, 2.45) is 5.92 Å². The van der Waals surface area contributed by atoms with Gasteiger partial charge in [0.05, 0.1) is 6.10 Å². The van der Waals surface area contributed by atoms with Crippen molar-refractivity contribution in [2.45, 2.75) is 30.2 Å². The lowest BCUT2D eigenvalue weighted by Gasteiger charge is -2.23. The molecule has 3 nitrogen and oxygen atoms in total. The molecule has 0 bridgehead atoms. The van der Waals surface area contributed by atoms with E-state index >= 15 is 0 Å². The number of aliphatic hydroxyl groups is 1. The summed E-state index contributed by atoms with van der Waals surface area (Å²) in [5.74, 6) is 0.466. The molecule has 2 aliphatic rings. The molecule has 2 aliphatic heterocycles. The third kappa shape index (κ3) is 2.24. The summed E-state index contributed by atoms with van der Waals surface area (Å²) in [6, 6.07) is 0.331. The van der Waals surface area contributed by atoms with Crippen molar-refractivity contribution in [3.05, 3.63) is 0 Å². The topological polar surface area (TPSA) is 44.3 Å². The van der Waals surface area contributed by atoms with E-state index in [1.54, 1.807) is 0 Å². The van der Waals surface area contributed by atoms with Gasteiger partial charge in [0.25, 0.3) is 0 Å². The van der Waals surface area contributed by atoms with Crippen LogP contribution in [0.25, 0.3) is 0 Å². The van der Waals surface area contributed by atoms with Gasteiger partial charge in [-0.1, -0.05) is 0 Å². The summed E-state index contributed by atoms with van der Waals surface area (Å²) in [5, 5.41) is 17.6. The third-order valence-corrected chi connectivity index (χ3v) is 4.48. The molecule has 82 valence electrons. The second-order valence-electron chi connectivity index (χ2n) is 4.35. The summed E-state index contributed by atoms with van der Waals surface area (Å²) in [7, 11) is 0. The van der Waals surface area contributed by atoms with Crippen LogP contribution in [-0.2, 0) is 0 Å². The van der Waals surface area contributed by atoms with Crippen LogP contribution in [0.3, 0.4) is 0 Å². The third-order valence-electron chi connectivity index (χ3n) is 3.45. The van der Waals surface area contributed by atoms with E-state index in [2.05, 4.69) is 16.9 Å². The highest BCUT2D eigenvalue weighted by Gasteiger charge is 2.34. The SMILES string of the molecule is CSC1CNC(C(O)C2CCNC2)C1. The van der Waals surface area contributed by atoms with E-state index in [-0.39, 0.29) is 6.10 Å². The lowest BCUT2D eigenvalue weighted by molar-refractivity contribution is 0.0834. The van der Waals surface area contributed by atoms with Gasteiger partial charge >= 0.3 is 0 Å². The van der Waals surface area contributed by atoms with Crippen molar-refractivity contribution < 1.29 is 5.11 Å². The van der Waals surface area contributed by atoms with Gasteiger partial charge in [0.1, 0.15) is 0 Å². The first kappa shape index (κ1) is 10.7. The van der Waals surface area contributed by atoms with Gasteiger partial charge in [-0.15, -0.1) is 0 Å².